The number of allylic oxidation sites excluding steroid dienone is 1. The largest absolute Gasteiger partial charge is 0.355 e. The summed E-state index contributed by atoms with van der Waals surface area (Å²) in [7, 11) is 0. The summed E-state index contributed by atoms with van der Waals surface area (Å²) in [5.41, 5.74) is 4.04. The zero-order chi connectivity index (χ0) is 24.0. The van der Waals surface area contributed by atoms with Crippen LogP contribution in [0.4, 0.5) is 0 Å². The summed E-state index contributed by atoms with van der Waals surface area (Å²) in [6, 6.07) is 9.16. The van der Waals surface area contributed by atoms with Gasteiger partial charge in [-0.25, -0.2) is 0 Å². The summed E-state index contributed by atoms with van der Waals surface area (Å²) in [4.78, 5) is 12.5. The van der Waals surface area contributed by atoms with E-state index in [9.17, 15) is 4.79 Å². The second-order valence-corrected chi connectivity index (χ2v) is 11.7. The van der Waals surface area contributed by atoms with Crippen molar-refractivity contribution >= 4 is 17.7 Å². The molecule has 1 amide bonds. The molecular weight excluding hydrogens is 440 g/mol. The number of nitrogens with one attached hydrogen (secondary N) is 1. The minimum absolute atomic E-state index is 0.0793. The van der Waals surface area contributed by atoms with Crippen molar-refractivity contribution in [3.63, 3.8) is 0 Å². The number of thioether (sulfide) groups is 1. The molecule has 0 aliphatic heterocycles. The highest BCUT2D eigenvalue weighted by Gasteiger charge is 2.24. The molecule has 2 aliphatic rings. The van der Waals surface area contributed by atoms with E-state index in [0.717, 1.165) is 42.4 Å². The zero-order valence-electron chi connectivity index (χ0n) is 21.1. The first-order valence-corrected chi connectivity index (χ1v) is 14.0. The van der Waals surface area contributed by atoms with Crippen LogP contribution in [0.5, 0.6) is 0 Å². The number of hydrogen-bond donors (Lipinski definition) is 1. The van der Waals surface area contributed by atoms with Gasteiger partial charge in [-0.15, -0.1) is 10.2 Å². The monoisotopic (exact) mass is 480 g/mol. The molecule has 1 aromatic heterocycles. The van der Waals surface area contributed by atoms with Gasteiger partial charge in [-0.3, -0.25) is 9.36 Å². The van der Waals surface area contributed by atoms with Crippen LogP contribution in [0.1, 0.15) is 96.6 Å². The lowest BCUT2D eigenvalue weighted by Crippen LogP contribution is -2.26. The van der Waals surface area contributed by atoms with Gasteiger partial charge in [0.1, 0.15) is 0 Å². The van der Waals surface area contributed by atoms with E-state index in [1.807, 2.05) is 0 Å². The highest BCUT2D eigenvalue weighted by molar-refractivity contribution is 7.99. The van der Waals surface area contributed by atoms with E-state index in [2.05, 4.69) is 71.2 Å². The lowest BCUT2D eigenvalue weighted by molar-refractivity contribution is -0.118. The Balaban J connectivity index is 1.44. The first kappa shape index (κ1) is 25.0. The molecule has 6 heteroatoms. The molecule has 1 saturated carbocycles. The molecule has 1 fully saturated rings. The standard InChI is InChI=1S/C28H40N4OS/c1-28(2,3)23-16-14-22(15-17-23)26-30-31-27(32(26)24-12-8-5-9-13-24)34-20-25(33)29-19-18-21-10-6-4-7-11-21/h10,14-17,24H,4-9,11-13,18-20H2,1-3H3,(H,29,33). The molecule has 0 radical (unpaired) electrons. The van der Waals surface area contributed by atoms with Crippen molar-refractivity contribution in [1.82, 2.24) is 20.1 Å². The van der Waals surface area contributed by atoms with Gasteiger partial charge in [-0.1, -0.05) is 87.7 Å². The maximum Gasteiger partial charge on any atom is 0.230 e. The molecule has 0 bridgehead atoms. The molecule has 2 aliphatic carbocycles. The van der Waals surface area contributed by atoms with Crippen LogP contribution in [0.15, 0.2) is 41.1 Å². The van der Waals surface area contributed by atoms with E-state index < -0.39 is 0 Å². The van der Waals surface area contributed by atoms with E-state index in [1.165, 1.54) is 67.8 Å². The van der Waals surface area contributed by atoms with Crippen LogP contribution in [0.25, 0.3) is 11.4 Å². The van der Waals surface area contributed by atoms with E-state index in [-0.39, 0.29) is 11.3 Å². The van der Waals surface area contributed by atoms with Gasteiger partial charge in [0.05, 0.1) is 5.75 Å². The fourth-order valence-corrected chi connectivity index (χ4v) is 5.87. The zero-order valence-corrected chi connectivity index (χ0v) is 21.9. The average molecular weight is 481 g/mol. The minimum Gasteiger partial charge on any atom is -0.355 e. The summed E-state index contributed by atoms with van der Waals surface area (Å²) in [6.07, 6.45) is 14.4. The second-order valence-electron chi connectivity index (χ2n) is 10.8. The summed E-state index contributed by atoms with van der Waals surface area (Å²) < 4.78 is 2.32. The third kappa shape index (κ3) is 6.53. The fraction of sp³-hybridized carbons (Fsp3) is 0.607. The van der Waals surface area contributed by atoms with Gasteiger partial charge in [0, 0.05) is 18.2 Å². The molecule has 5 nitrogen and oxygen atoms in total. The molecule has 2 aromatic rings. The number of amides is 1. The fourth-order valence-electron chi connectivity index (χ4n) is 5.04. The van der Waals surface area contributed by atoms with Crippen molar-refractivity contribution in [1.29, 1.82) is 0 Å². The van der Waals surface area contributed by atoms with Gasteiger partial charge in [0.15, 0.2) is 11.0 Å². The highest BCUT2D eigenvalue weighted by Crippen LogP contribution is 2.36. The maximum absolute atomic E-state index is 12.5. The van der Waals surface area contributed by atoms with Gasteiger partial charge in [0.2, 0.25) is 5.91 Å². The van der Waals surface area contributed by atoms with Crippen LogP contribution in [-0.4, -0.2) is 33.0 Å². The van der Waals surface area contributed by atoms with Crippen LogP contribution in [0, 0.1) is 0 Å². The van der Waals surface area contributed by atoms with Crippen molar-refractivity contribution in [2.45, 2.75) is 102 Å². The number of hydrogen-bond acceptors (Lipinski definition) is 4. The Labute approximate surface area is 209 Å². The molecule has 4 rings (SSSR count). The molecular formula is C28H40N4OS. The Morgan fingerprint density at radius 1 is 1.06 bits per heavy atom. The number of carbonyl (C=O) groups excluding carboxylic acids is 1. The lowest BCUT2D eigenvalue weighted by atomic mass is 9.86. The van der Waals surface area contributed by atoms with Crippen LogP contribution in [0.2, 0.25) is 0 Å². The lowest BCUT2D eigenvalue weighted by Gasteiger charge is -2.26. The van der Waals surface area contributed by atoms with E-state index in [0.29, 0.717) is 11.8 Å². The number of benzene rings is 1. The van der Waals surface area contributed by atoms with Crippen LogP contribution >= 0.6 is 11.8 Å². The van der Waals surface area contributed by atoms with Crippen LogP contribution in [-0.2, 0) is 10.2 Å². The SMILES string of the molecule is CC(C)(C)c1ccc(-c2nnc(SCC(=O)NCCC3=CCCCC3)n2C2CCCCC2)cc1. The molecule has 0 atom stereocenters. The van der Waals surface area contributed by atoms with Crippen molar-refractivity contribution in [2.75, 3.05) is 12.3 Å². The number of nitrogens with zero attached hydrogens (tertiary/aromatic N) is 3. The normalized spacial score (nSPS) is 17.4. The third-order valence-electron chi connectivity index (χ3n) is 7.10. The van der Waals surface area contributed by atoms with E-state index in [4.69, 9.17) is 0 Å². The van der Waals surface area contributed by atoms with E-state index in [1.54, 1.807) is 0 Å². The van der Waals surface area contributed by atoms with Gasteiger partial charge < -0.3 is 5.32 Å². The van der Waals surface area contributed by atoms with Gasteiger partial charge in [-0.05, 0) is 55.9 Å². The Morgan fingerprint density at radius 3 is 2.50 bits per heavy atom. The predicted octanol–water partition coefficient (Wildman–Crippen LogP) is 6.85. The molecule has 184 valence electrons. The van der Waals surface area contributed by atoms with E-state index >= 15 is 0 Å². The third-order valence-corrected chi connectivity index (χ3v) is 8.04. The summed E-state index contributed by atoms with van der Waals surface area (Å²) in [6.45, 7) is 7.43. The number of aromatic nitrogens is 3. The Bertz CT molecular complexity index is 981. The number of rotatable bonds is 8. The molecule has 34 heavy (non-hydrogen) atoms. The smallest absolute Gasteiger partial charge is 0.230 e. The average Bonchev–Trinajstić information content (AvgIpc) is 3.27. The van der Waals surface area contributed by atoms with Gasteiger partial charge >= 0.3 is 0 Å². The molecule has 1 heterocycles. The first-order chi connectivity index (χ1) is 16.4. The van der Waals surface area contributed by atoms with Crippen molar-refractivity contribution in [2.24, 2.45) is 0 Å². The summed E-state index contributed by atoms with van der Waals surface area (Å²) in [5.74, 6) is 1.39. The van der Waals surface area contributed by atoms with Crippen molar-refractivity contribution < 1.29 is 4.79 Å². The Hall–Kier alpha value is -2.08. The first-order valence-electron chi connectivity index (χ1n) is 13.0. The molecule has 0 unspecified atom stereocenters. The molecule has 1 N–H and O–H groups in total. The topological polar surface area (TPSA) is 59.8 Å². The number of carbonyl (C=O) groups is 1. The van der Waals surface area contributed by atoms with Crippen molar-refractivity contribution in [3.8, 4) is 11.4 Å². The summed E-state index contributed by atoms with van der Waals surface area (Å²) in [5, 5.41) is 13.1. The van der Waals surface area contributed by atoms with Crippen LogP contribution in [0.3, 0.4) is 0 Å². The van der Waals surface area contributed by atoms with Crippen molar-refractivity contribution in [3.05, 3.63) is 41.5 Å². The highest BCUT2D eigenvalue weighted by atomic mass is 32.2. The second kappa shape index (κ2) is 11.6. The summed E-state index contributed by atoms with van der Waals surface area (Å²) >= 11 is 1.52. The molecule has 0 spiro atoms. The minimum atomic E-state index is 0.0793. The quantitative estimate of drug-likeness (QED) is 0.332. The molecule has 0 saturated heterocycles. The maximum atomic E-state index is 12.5. The Kier molecular flexibility index (Phi) is 8.51. The van der Waals surface area contributed by atoms with Gasteiger partial charge in [0.25, 0.3) is 0 Å². The van der Waals surface area contributed by atoms with Gasteiger partial charge in [-0.2, -0.15) is 0 Å². The Morgan fingerprint density at radius 2 is 1.82 bits per heavy atom. The van der Waals surface area contributed by atoms with Crippen LogP contribution < -0.4 is 5.32 Å². The predicted molar refractivity (Wildman–Crippen MR) is 141 cm³/mol. The molecule has 1 aromatic carbocycles.